The van der Waals surface area contributed by atoms with Gasteiger partial charge in [-0.25, -0.2) is 14.2 Å². The third-order valence-electron chi connectivity index (χ3n) is 5.45. The van der Waals surface area contributed by atoms with E-state index in [9.17, 15) is 14.4 Å². The summed E-state index contributed by atoms with van der Waals surface area (Å²) in [6, 6.07) is 12.3. The van der Waals surface area contributed by atoms with Crippen molar-refractivity contribution >= 4 is 33.5 Å². The van der Waals surface area contributed by atoms with Gasteiger partial charge >= 0.3 is 5.97 Å². The van der Waals surface area contributed by atoms with Crippen LogP contribution in [-0.4, -0.2) is 22.1 Å². The van der Waals surface area contributed by atoms with Crippen LogP contribution >= 0.6 is 27.5 Å². The second kappa shape index (κ2) is 10.5. The Kier molecular flexibility index (Phi) is 7.93. The van der Waals surface area contributed by atoms with E-state index in [-0.39, 0.29) is 29.8 Å². The van der Waals surface area contributed by atoms with Gasteiger partial charge in [0.1, 0.15) is 5.82 Å². The number of aryl methyl sites for hydroxylation is 1. The van der Waals surface area contributed by atoms with E-state index in [2.05, 4.69) is 27.0 Å². The maximum absolute atomic E-state index is 15.0. The molecule has 0 bridgehead atoms. The molecule has 0 aliphatic heterocycles. The zero-order chi connectivity index (χ0) is 24.3. The molecular formula is C25H24BrClFN3O2. The molecule has 8 heteroatoms. The summed E-state index contributed by atoms with van der Waals surface area (Å²) in [5.41, 5.74) is 3.43. The monoisotopic (exact) mass is 531 g/mol. The summed E-state index contributed by atoms with van der Waals surface area (Å²) in [5, 5.41) is 9.35. The van der Waals surface area contributed by atoms with E-state index in [0.717, 1.165) is 11.1 Å². The lowest BCUT2D eigenvalue weighted by Crippen LogP contribution is -2.19. The molecule has 1 aromatic heterocycles. The lowest BCUT2D eigenvalue weighted by atomic mass is 9.84. The van der Waals surface area contributed by atoms with Crippen LogP contribution in [0.5, 0.6) is 0 Å². The zero-order valence-electron chi connectivity index (χ0n) is 18.8. The van der Waals surface area contributed by atoms with E-state index in [0.29, 0.717) is 21.6 Å². The van der Waals surface area contributed by atoms with Crippen molar-refractivity contribution in [2.75, 3.05) is 6.61 Å². The molecule has 0 saturated heterocycles. The number of aromatic nitrogens is 2. The average molecular weight is 533 g/mol. The molecule has 0 aliphatic carbocycles. The van der Waals surface area contributed by atoms with Crippen LogP contribution in [0, 0.1) is 24.1 Å². The van der Waals surface area contributed by atoms with Crippen molar-refractivity contribution in [3.05, 3.63) is 85.6 Å². The first kappa shape index (κ1) is 24.9. The minimum absolute atomic E-state index is 0.0342. The number of hydrogen-bond acceptors (Lipinski definition) is 4. The summed E-state index contributed by atoms with van der Waals surface area (Å²) in [6.07, 6.45) is 0.233. The predicted molar refractivity (Wildman–Crippen MR) is 129 cm³/mol. The highest BCUT2D eigenvalue weighted by Gasteiger charge is 2.32. The van der Waals surface area contributed by atoms with Crippen molar-refractivity contribution in [2.24, 2.45) is 0 Å². The van der Waals surface area contributed by atoms with E-state index in [4.69, 9.17) is 16.3 Å². The molecule has 5 nitrogen and oxygen atoms in total. The fourth-order valence-electron chi connectivity index (χ4n) is 4.01. The van der Waals surface area contributed by atoms with Crippen molar-refractivity contribution in [1.29, 1.82) is 5.26 Å². The molecular weight excluding hydrogens is 509 g/mol. The van der Waals surface area contributed by atoms with Crippen LogP contribution in [0.15, 0.2) is 41.1 Å². The number of benzene rings is 2. The van der Waals surface area contributed by atoms with E-state index in [1.54, 1.807) is 31.2 Å². The maximum atomic E-state index is 15.0. The molecule has 1 unspecified atom stereocenters. The van der Waals surface area contributed by atoms with E-state index < -0.39 is 17.7 Å². The summed E-state index contributed by atoms with van der Waals surface area (Å²) in [6.45, 7) is 7.79. The van der Waals surface area contributed by atoms with Crippen LogP contribution in [0.4, 0.5) is 4.39 Å². The SMILES string of the molecule is CCOC(=O)c1nc(Br)n(C(C)C)c1C(Cc1cccc(Cl)c1F)c1ccc(C#N)cc1C. The Bertz CT molecular complexity index is 1230. The number of ether oxygens (including phenoxy) is 1. The second-order valence-corrected chi connectivity index (χ2v) is 9.07. The Morgan fingerprint density at radius 2 is 2.06 bits per heavy atom. The van der Waals surface area contributed by atoms with Gasteiger partial charge in [-0.1, -0.05) is 29.8 Å². The van der Waals surface area contributed by atoms with Crippen LogP contribution in [0.2, 0.25) is 5.02 Å². The molecule has 1 heterocycles. The summed E-state index contributed by atoms with van der Waals surface area (Å²) < 4.78 is 22.6. The Labute approximate surface area is 206 Å². The molecule has 1 atom stereocenters. The molecule has 0 amide bonds. The van der Waals surface area contributed by atoms with Gasteiger partial charge in [0.2, 0.25) is 0 Å². The highest BCUT2D eigenvalue weighted by atomic mass is 79.9. The van der Waals surface area contributed by atoms with Gasteiger partial charge in [-0.05, 0) is 84.9 Å². The summed E-state index contributed by atoms with van der Waals surface area (Å²) in [5.74, 6) is -1.50. The van der Waals surface area contributed by atoms with Crippen molar-refractivity contribution in [3.8, 4) is 6.07 Å². The topological polar surface area (TPSA) is 67.9 Å². The van der Waals surface area contributed by atoms with Crippen LogP contribution in [0.3, 0.4) is 0 Å². The number of nitriles is 1. The molecule has 3 rings (SSSR count). The second-order valence-electron chi connectivity index (χ2n) is 7.95. The first-order valence-corrected chi connectivity index (χ1v) is 11.7. The van der Waals surface area contributed by atoms with Crippen LogP contribution in [0.1, 0.15) is 71.2 Å². The van der Waals surface area contributed by atoms with Crippen molar-refractivity contribution < 1.29 is 13.9 Å². The van der Waals surface area contributed by atoms with E-state index in [1.165, 1.54) is 6.07 Å². The first-order chi connectivity index (χ1) is 15.7. The Morgan fingerprint density at radius 1 is 1.33 bits per heavy atom. The Hall–Kier alpha value is -2.69. The molecule has 33 heavy (non-hydrogen) atoms. The average Bonchev–Trinajstić information content (AvgIpc) is 3.12. The van der Waals surface area contributed by atoms with Crippen molar-refractivity contribution in [3.63, 3.8) is 0 Å². The molecule has 0 radical (unpaired) electrons. The van der Waals surface area contributed by atoms with Gasteiger partial charge in [0.25, 0.3) is 0 Å². The Balaban J connectivity index is 2.31. The molecule has 0 spiro atoms. The summed E-state index contributed by atoms with van der Waals surface area (Å²) in [4.78, 5) is 17.4. The van der Waals surface area contributed by atoms with Gasteiger partial charge in [0.15, 0.2) is 10.4 Å². The smallest absolute Gasteiger partial charge is 0.358 e. The fourth-order valence-corrected chi connectivity index (χ4v) is 4.98. The Morgan fingerprint density at radius 3 is 2.67 bits per heavy atom. The van der Waals surface area contributed by atoms with Gasteiger partial charge in [-0.2, -0.15) is 5.26 Å². The summed E-state index contributed by atoms with van der Waals surface area (Å²) >= 11 is 9.55. The van der Waals surface area contributed by atoms with Crippen LogP contribution in [-0.2, 0) is 11.2 Å². The maximum Gasteiger partial charge on any atom is 0.358 e. The molecule has 0 fully saturated rings. The lowest BCUT2D eigenvalue weighted by Gasteiger charge is -2.25. The third kappa shape index (κ3) is 5.13. The quantitative estimate of drug-likeness (QED) is 0.316. The van der Waals surface area contributed by atoms with Gasteiger partial charge < -0.3 is 9.30 Å². The molecule has 0 aliphatic rings. The predicted octanol–water partition coefficient (Wildman–Crippen LogP) is 6.75. The van der Waals surface area contributed by atoms with Gasteiger partial charge in [-0.15, -0.1) is 0 Å². The molecule has 3 aromatic rings. The first-order valence-electron chi connectivity index (χ1n) is 10.6. The molecule has 0 saturated carbocycles. The standard InChI is InChI=1S/C25H24BrClFN3O2/c1-5-33-24(32)22-23(31(14(2)3)25(26)30-22)19(12-17-7-6-8-20(27)21(17)28)18-10-9-16(13-29)11-15(18)4/h6-11,14,19H,5,12H2,1-4H3. The number of carbonyl (C=O) groups excluding carboxylic acids is 1. The van der Waals surface area contributed by atoms with E-state index in [1.807, 2.05) is 31.4 Å². The van der Waals surface area contributed by atoms with Gasteiger partial charge in [-0.3, -0.25) is 0 Å². The van der Waals surface area contributed by atoms with Crippen LogP contribution in [0.25, 0.3) is 0 Å². The number of hydrogen-bond donors (Lipinski definition) is 0. The van der Waals surface area contributed by atoms with E-state index >= 15 is 0 Å². The number of rotatable bonds is 7. The van der Waals surface area contributed by atoms with Crippen LogP contribution < -0.4 is 0 Å². The molecule has 0 N–H and O–H groups in total. The van der Waals surface area contributed by atoms with Crippen molar-refractivity contribution in [2.45, 2.75) is 46.1 Å². The lowest BCUT2D eigenvalue weighted by molar-refractivity contribution is 0.0518. The number of imidazole rings is 1. The minimum atomic E-state index is -0.546. The number of nitrogens with zero attached hydrogens (tertiary/aromatic N) is 3. The minimum Gasteiger partial charge on any atom is -0.461 e. The van der Waals surface area contributed by atoms with Gasteiger partial charge in [0.05, 0.1) is 29.0 Å². The number of esters is 1. The van der Waals surface area contributed by atoms with Gasteiger partial charge in [0, 0.05) is 12.0 Å². The molecule has 172 valence electrons. The highest BCUT2D eigenvalue weighted by molar-refractivity contribution is 9.10. The normalized spacial score (nSPS) is 12.0. The molecule has 2 aromatic carbocycles. The number of carbonyl (C=O) groups is 1. The third-order valence-corrected chi connectivity index (χ3v) is 6.30. The highest BCUT2D eigenvalue weighted by Crippen LogP contribution is 2.38. The number of halogens is 3. The van der Waals surface area contributed by atoms with Crippen molar-refractivity contribution in [1.82, 2.24) is 9.55 Å². The summed E-state index contributed by atoms with van der Waals surface area (Å²) in [7, 11) is 0. The fraction of sp³-hybridized carbons (Fsp3) is 0.320. The largest absolute Gasteiger partial charge is 0.461 e. The zero-order valence-corrected chi connectivity index (χ0v) is 21.2.